The number of methoxy groups -OCH3 is 1. The number of nitrogens with one attached hydrogen (secondary N) is 1. The number of ether oxygens (including phenoxy) is 2. The minimum absolute atomic E-state index is 0.423. The Bertz CT molecular complexity index is 218. The summed E-state index contributed by atoms with van der Waals surface area (Å²) in [4.78, 5) is 0. The van der Waals surface area contributed by atoms with Crippen molar-refractivity contribution in [3.63, 3.8) is 0 Å². The van der Waals surface area contributed by atoms with Gasteiger partial charge in [0.25, 0.3) is 0 Å². The van der Waals surface area contributed by atoms with Crippen LogP contribution < -0.4 is 5.32 Å². The Kier molecular flexibility index (Phi) is 5.26. The van der Waals surface area contributed by atoms with Gasteiger partial charge in [-0.15, -0.1) is 0 Å². The lowest BCUT2D eigenvalue weighted by atomic mass is 9.95. The first-order chi connectivity index (χ1) is 8.29. The van der Waals surface area contributed by atoms with Gasteiger partial charge in [-0.2, -0.15) is 0 Å². The van der Waals surface area contributed by atoms with Crippen LogP contribution in [-0.2, 0) is 9.47 Å². The summed E-state index contributed by atoms with van der Waals surface area (Å²) < 4.78 is 11.3. The Morgan fingerprint density at radius 1 is 1.18 bits per heavy atom. The van der Waals surface area contributed by atoms with Gasteiger partial charge in [0.05, 0.1) is 18.8 Å². The third-order valence-electron chi connectivity index (χ3n) is 4.16. The zero-order chi connectivity index (χ0) is 12.1. The third-order valence-corrected chi connectivity index (χ3v) is 4.16. The van der Waals surface area contributed by atoms with Crippen molar-refractivity contribution in [3.8, 4) is 0 Å². The molecule has 0 bridgehead atoms. The predicted molar refractivity (Wildman–Crippen MR) is 69.2 cm³/mol. The zero-order valence-electron chi connectivity index (χ0n) is 11.3. The molecule has 0 heterocycles. The van der Waals surface area contributed by atoms with Gasteiger partial charge in [0.1, 0.15) is 0 Å². The van der Waals surface area contributed by atoms with Crippen LogP contribution in [-0.4, -0.2) is 38.5 Å². The van der Waals surface area contributed by atoms with Crippen LogP contribution in [0, 0.1) is 5.92 Å². The van der Waals surface area contributed by atoms with Crippen LogP contribution >= 0.6 is 0 Å². The van der Waals surface area contributed by atoms with Gasteiger partial charge in [0.15, 0.2) is 0 Å². The van der Waals surface area contributed by atoms with Crippen LogP contribution in [0.1, 0.15) is 45.4 Å². The van der Waals surface area contributed by atoms with Crippen LogP contribution in [0.25, 0.3) is 0 Å². The second-order valence-electron chi connectivity index (χ2n) is 5.60. The fraction of sp³-hybridized carbons (Fsp3) is 1.00. The quantitative estimate of drug-likeness (QED) is 0.694. The molecule has 2 aliphatic carbocycles. The van der Waals surface area contributed by atoms with Gasteiger partial charge in [-0.1, -0.05) is 0 Å². The summed E-state index contributed by atoms with van der Waals surface area (Å²) in [5, 5.41) is 3.55. The molecule has 2 aliphatic rings. The number of hydrogen-bond acceptors (Lipinski definition) is 3. The molecule has 0 radical (unpaired) electrons. The van der Waals surface area contributed by atoms with E-state index in [0.717, 1.165) is 25.5 Å². The van der Waals surface area contributed by atoms with E-state index in [4.69, 9.17) is 9.47 Å². The van der Waals surface area contributed by atoms with E-state index in [1.807, 2.05) is 7.11 Å². The topological polar surface area (TPSA) is 30.5 Å². The molecule has 0 amide bonds. The highest BCUT2D eigenvalue weighted by molar-refractivity contribution is 4.83. The number of hydrogen-bond donors (Lipinski definition) is 1. The first-order valence-corrected chi connectivity index (χ1v) is 7.17. The van der Waals surface area contributed by atoms with Crippen molar-refractivity contribution in [2.24, 2.45) is 5.92 Å². The molecule has 0 saturated heterocycles. The smallest absolute Gasteiger partial charge is 0.0600 e. The first-order valence-electron chi connectivity index (χ1n) is 7.17. The molecule has 0 aliphatic heterocycles. The van der Waals surface area contributed by atoms with Crippen molar-refractivity contribution in [1.82, 2.24) is 5.32 Å². The van der Waals surface area contributed by atoms with E-state index in [1.165, 1.54) is 32.1 Å². The van der Waals surface area contributed by atoms with E-state index in [1.54, 1.807) is 0 Å². The van der Waals surface area contributed by atoms with Gasteiger partial charge in [-0.05, 0) is 51.4 Å². The molecule has 2 fully saturated rings. The Morgan fingerprint density at radius 3 is 2.65 bits per heavy atom. The minimum atomic E-state index is 0.423. The molecular formula is C14H27NO2. The van der Waals surface area contributed by atoms with Crippen LogP contribution in [0.5, 0.6) is 0 Å². The molecule has 1 N–H and O–H groups in total. The Balaban J connectivity index is 1.52. The maximum Gasteiger partial charge on any atom is 0.0600 e. The second kappa shape index (κ2) is 6.72. The molecule has 17 heavy (non-hydrogen) atoms. The van der Waals surface area contributed by atoms with Crippen molar-refractivity contribution in [2.75, 3.05) is 20.3 Å². The lowest BCUT2D eigenvalue weighted by Crippen LogP contribution is -2.33. The van der Waals surface area contributed by atoms with Crippen LogP contribution in [0.3, 0.4) is 0 Å². The Labute approximate surface area is 105 Å². The molecule has 3 nitrogen and oxygen atoms in total. The molecule has 0 aromatic heterocycles. The highest BCUT2D eigenvalue weighted by Crippen LogP contribution is 2.32. The van der Waals surface area contributed by atoms with Crippen LogP contribution in [0.2, 0.25) is 0 Å². The monoisotopic (exact) mass is 241 g/mol. The summed E-state index contributed by atoms with van der Waals surface area (Å²) in [5.74, 6) is 0.933. The average molecular weight is 241 g/mol. The summed E-state index contributed by atoms with van der Waals surface area (Å²) in [6.45, 7) is 4.13. The Morgan fingerprint density at radius 2 is 1.94 bits per heavy atom. The maximum atomic E-state index is 5.92. The van der Waals surface area contributed by atoms with Gasteiger partial charge < -0.3 is 14.8 Å². The summed E-state index contributed by atoms with van der Waals surface area (Å²) in [6, 6.07) is 0.677. The fourth-order valence-electron chi connectivity index (χ4n) is 2.74. The van der Waals surface area contributed by atoms with Crippen molar-refractivity contribution in [2.45, 2.75) is 63.7 Å². The third kappa shape index (κ3) is 4.57. The van der Waals surface area contributed by atoms with Crippen molar-refractivity contribution < 1.29 is 9.47 Å². The van der Waals surface area contributed by atoms with Crippen LogP contribution in [0.15, 0.2) is 0 Å². The Hall–Kier alpha value is -0.120. The molecule has 0 aromatic rings. The molecule has 2 saturated carbocycles. The van der Waals surface area contributed by atoms with Gasteiger partial charge in [-0.3, -0.25) is 0 Å². The highest BCUT2D eigenvalue weighted by atomic mass is 16.5. The molecule has 3 unspecified atom stereocenters. The maximum absolute atomic E-state index is 5.92. The fourth-order valence-corrected chi connectivity index (χ4v) is 2.74. The molecule has 0 aromatic carbocycles. The predicted octanol–water partition coefficient (Wildman–Crippen LogP) is 2.35. The van der Waals surface area contributed by atoms with Crippen molar-refractivity contribution in [3.05, 3.63) is 0 Å². The lowest BCUT2D eigenvalue weighted by Gasteiger charge is -2.28. The standard InChI is InChI=1S/C14H27NO2/c1-11(12-6-7-12)15-8-9-17-14-5-3-4-13(10-14)16-2/h11-15H,3-10H2,1-2H3. The number of rotatable bonds is 7. The molecular weight excluding hydrogens is 214 g/mol. The van der Waals surface area contributed by atoms with E-state index in [9.17, 15) is 0 Å². The molecule has 3 atom stereocenters. The largest absolute Gasteiger partial charge is 0.381 e. The lowest BCUT2D eigenvalue weighted by molar-refractivity contribution is -0.0286. The van der Waals surface area contributed by atoms with E-state index < -0.39 is 0 Å². The summed E-state index contributed by atoms with van der Waals surface area (Å²) in [7, 11) is 1.81. The minimum Gasteiger partial charge on any atom is -0.381 e. The van der Waals surface area contributed by atoms with Crippen molar-refractivity contribution in [1.29, 1.82) is 0 Å². The van der Waals surface area contributed by atoms with Crippen molar-refractivity contribution >= 4 is 0 Å². The highest BCUT2D eigenvalue weighted by Gasteiger charge is 2.27. The van der Waals surface area contributed by atoms with E-state index >= 15 is 0 Å². The summed E-state index contributed by atoms with van der Waals surface area (Å²) in [6.07, 6.45) is 8.40. The average Bonchev–Trinajstić information content (AvgIpc) is 3.19. The van der Waals surface area contributed by atoms with E-state index in [-0.39, 0.29) is 0 Å². The molecule has 0 spiro atoms. The first kappa shape index (κ1) is 13.3. The van der Waals surface area contributed by atoms with Gasteiger partial charge >= 0.3 is 0 Å². The zero-order valence-corrected chi connectivity index (χ0v) is 11.3. The second-order valence-corrected chi connectivity index (χ2v) is 5.60. The summed E-state index contributed by atoms with van der Waals surface area (Å²) in [5.41, 5.74) is 0. The van der Waals surface area contributed by atoms with Gasteiger partial charge in [0.2, 0.25) is 0 Å². The van der Waals surface area contributed by atoms with Gasteiger partial charge in [-0.25, -0.2) is 0 Å². The summed E-state index contributed by atoms with van der Waals surface area (Å²) >= 11 is 0. The molecule has 100 valence electrons. The molecule has 3 heteroatoms. The molecule has 2 rings (SSSR count). The normalized spacial score (nSPS) is 31.4. The van der Waals surface area contributed by atoms with Gasteiger partial charge in [0, 0.05) is 19.7 Å². The SMILES string of the molecule is COC1CCCC(OCCNC(C)C2CC2)C1. The van der Waals surface area contributed by atoms with E-state index in [2.05, 4.69) is 12.2 Å². The van der Waals surface area contributed by atoms with Crippen LogP contribution in [0.4, 0.5) is 0 Å². The van der Waals surface area contributed by atoms with E-state index in [0.29, 0.717) is 18.2 Å².